The third-order valence-electron chi connectivity index (χ3n) is 11.4. The van der Waals surface area contributed by atoms with Crippen molar-refractivity contribution in [3.63, 3.8) is 0 Å². The van der Waals surface area contributed by atoms with Crippen LogP contribution in [0.3, 0.4) is 0 Å². The minimum Gasteiger partial charge on any atom is -0.382 e. The summed E-state index contributed by atoms with van der Waals surface area (Å²) in [4.78, 5) is 0. The zero-order valence-corrected chi connectivity index (χ0v) is 36.0. The molecule has 0 aliphatic heterocycles. The Morgan fingerprint density at radius 3 is 0.922 bits per heavy atom. The normalized spacial score (nSPS) is 11.8. The molecule has 0 radical (unpaired) electrons. The van der Waals surface area contributed by atoms with Gasteiger partial charge in [0.25, 0.3) is 0 Å². The quantitative estimate of drug-likeness (QED) is 0.0635. The summed E-state index contributed by atoms with van der Waals surface area (Å²) in [7, 11) is 1.74. The average molecular weight is 722 g/mol. The van der Waals surface area contributed by atoms with Crippen LogP contribution in [0.5, 0.6) is 0 Å². The Bertz CT molecular complexity index is 544. The molecule has 0 spiro atoms. The van der Waals surface area contributed by atoms with Crippen LogP contribution in [0.15, 0.2) is 0 Å². The van der Waals surface area contributed by atoms with E-state index in [4.69, 9.17) is 9.47 Å². The maximum Gasteiger partial charge on any atom is 0.0700 e. The highest BCUT2D eigenvalue weighted by Gasteiger charge is 2.09. The van der Waals surface area contributed by atoms with Gasteiger partial charge in [-0.15, -0.1) is 0 Å². The molecular formula is C48H99NO2. The summed E-state index contributed by atoms with van der Waals surface area (Å²) >= 11 is 0. The van der Waals surface area contributed by atoms with Gasteiger partial charge in [-0.2, -0.15) is 0 Å². The van der Waals surface area contributed by atoms with E-state index in [9.17, 15) is 0 Å². The van der Waals surface area contributed by atoms with Gasteiger partial charge in [0, 0.05) is 13.7 Å². The van der Waals surface area contributed by atoms with Gasteiger partial charge >= 0.3 is 0 Å². The molecule has 51 heavy (non-hydrogen) atoms. The molecule has 3 nitrogen and oxygen atoms in total. The fraction of sp³-hybridized carbons (Fsp3) is 1.00. The van der Waals surface area contributed by atoms with E-state index in [-0.39, 0.29) is 0 Å². The van der Waals surface area contributed by atoms with E-state index >= 15 is 0 Å². The van der Waals surface area contributed by atoms with Gasteiger partial charge < -0.3 is 14.8 Å². The van der Waals surface area contributed by atoms with Gasteiger partial charge in [0.1, 0.15) is 0 Å². The molecule has 0 aromatic heterocycles. The van der Waals surface area contributed by atoms with E-state index in [1.54, 1.807) is 7.11 Å². The fourth-order valence-electron chi connectivity index (χ4n) is 7.87. The third-order valence-corrected chi connectivity index (χ3v) is 11.4. The first kappa shape index (κ1) is 50.9. The minimum absolute atomic E-state index is 0.703. The van der Waals surface area contributed by atoms with Crippen molar-refractivity contribution in [1.82, 2.24) is 5.32 Å². The molecule has 0 heterocycles. The zero-order valence-electron chi connectivity index (χ0n) is 36.0. The van der Waals surface area contributed by atoms with Gasteiger partial charge in [-0.25, -0.2) is 0 Å². The molecule has 0 amide bonds. The van der Waals surface area contributed by atoms with Crippen molar-refractivity contribution in [2.45, 2.75) is 264 Å². The summed E-state index contributed by atoms with van der Waals surface area (Å²) < 4.78 is 10.7. The molecule has 0 aromatic carbocycles. The number of unbranched alkanes of at least 4 members (excludes halogenated alkanes) is 34. The molecular weight excluding hydrogens is 623 g/mol. The van der Waals surface area contributed by atoms with Crippen molar-refractivity contribution in [2.24, 2.45) is 5.92 Å². The van der Waals surface area contributed by atoms with E-state index in [2.05, 4.69) is 19.2 Å². The van der Waals surface area contributed by atoms with E-state index in [0.717, 1.165) is 32.1 Å². The third kappa shape index (κ3) is 46.0. The van der Waals surface area contributed by atoms with Crippen LogP contribution in [-0.4, -0.2) is 40.0 Å². The molecule has 0 atom stereocenters. The van der Waals surface area contributed by atoms with E-state index in [0.29, 0.717) is 6.61 Å². The molecule has 3 heteroatoms. The summed E-state index contributed by atoms with van der Waals surface area (Å²) in [5.41, 5.74) is 0. The molecule has 0 saturated heterocycles. The maximum atomic E-state index is 5.65. The standard InChI is InChI=1S/C48H99NO2/c1-4-6-8-10-12-14-16-18-20-22-24-26-28-30-32-34-36-38-41-48(47-49-43-40-44-51-46-45-50-3)42-39-37-35-33-31-29-27-25-23-21-19-17-15-13-11-9-7-5-2/h48-49H,4-47H2,1-3H3. The molecule has 0 unspecified atom stereocenters. The smallest absolute Gasteiger partial charge is 0.0700 e. The molecule has 0 aromatic rings. The molecule has 0 bridgehead atoms. The van der Waals surface area contributed by atoms with Crippen molar-refractivity contribution < 1.29 is 9.47 Å². The number of ether oxygens (including phenoxy) is 2. The van der Waals surface area contributed by atoms with Crippen LogP contribution in [0.1, 0.15) is 264 Å². The Kier molecular flexibility index (Phi) is 47.8. The summed E-state index contributed by atoms with van der Waals surface area (Å²) in [6.45, 7) is 9.18. The molecule has 0 fully saturated rings. The SMILES string of the molecule is CCCCCCCCCCCCCCCCCCCCC(CCCCCCCCCCCCCCCCCCCC)CNCCCOCCOC. The van der Waals surface area contributed by atoms with E-state index in [1.165, 1.54) is 251 Å². The van der Waals surface area contributed by atoms with Crippen LogP contribution in [0.4, 0.5) is 0 Å². The molecule has 0 rings (SSSR count). The van der Waals surface area contributed by atoms with Crippen molar-refractivity contribution in [3.05, 3.63) is 0 Å². The lowest BCUT2D eigenvalue weighted by molar-refractivity contribution is 0.0694. The maximum absolute atomic E-state index is 5.65. The minimum atomic E-state index is 0.703. The summed E-state index contributed by atoms with van der Waals surface area (Å²) in [5, 5.41) is 3.78. The van der Waals surface area contributed by atoms with Crippen LogP contribution in [0.25, 0.3) is 0 Å². The van der Waals surface area contributed by atoms with Crippen LogP contribution in [0.2, 0.25) is 0 Å². The predicted molar refractivity (Wildman–Crippen MR) is 230 cm³/mol. The molecule has 0 aliphatic carbocycles. The van der Waals surface area contributed by atoms with Crippen LogP contribution in [-0.2, 0) is 9.47 Å². The molecule has 0 aliphatic rings. The second-order valence-corrected chi connectivity index (χ2v) is 16.6. The fourth-order valence-corrected chi connectivity index (χ4v) is 7.87. The Balaban J connectivity index is 3.78. The van der Waals surface area contributed by atoms with Gasteiger partial charge in [0.15, 0.2) is 0 Å². The van der Waals surface area contributed by atoms with Crippen LogP contribution < -0.4 is 5.32 Å². The van der Waals surface area contributed by atoms with Gasteiger partial charge in [-0.3, -0.25) is 0 Å². The van der Waals surface area contributed by atoms with Crippen molar-refractivity contribution in [2.75, 3.05) is 40.0 Å². The lowest BCUT2D eigenvalue weighted by Gasteiger charge is -2.18. The highest BCUT2D eigenvalue weighted by Crippen LogP contribution is 2.20. The van der Waals surface area contributed by atoms with Crippen molar-refractivity contribution in [3.8, 4) is 0 Å². The Hall–Kier alpha value is -0.120. The monoisotopic (exact) mass is 722 g/mol. The first-order chi connectivity index (χ1) is 25.3. The molecule has 308 valence electrons. The highest BCUT2D eigenvalue weighted by atomic mass is 16.5. The summed E-state index contributed by atoms with van der Waals surface area (Å²) in [6, 6.07) is 0. The van der Waals surface area contributed by atoms with Gasteiger partial charge in [-0.05, 0) is 38.3 Å². The number of hydrogen-bond donors (Lipinski definition) is 1. The first-order valence-corrected chi connectivity index (χ1v) is 24.1. The van der Waals surface area contributed by atoms with Crippen molar-refractivity contribution in [1.29, 1.82) is 0 Å². The number of rotatable bonds is 47. The Morgan fingerprint density at radius 1 is 0.333 bits per heavy atom. The van der Waals surface area contributed by atoms with Gasteiger partial charge in [0.2, 0.25) is 0 Å². The molecule has 1 N–H and O–H groups in total. The van der Waals surface area contributed by atoms with Gasteiger partial charge in [0.05, 0.1) is 13.2 Å². The van der Waals surface area contributed by atoms with E-state index < -0.39 is 0 Å². The first-order valence-electron chi connectivity index (χ1n) is 24.1. The zero-order chi connectivity index (χ0) is 36.8. The molecule has 0 saturated carbocycles. The van der Waals surface area contributed by atoms with Gasteiger partial charge in [-0.1, -0.05) is 245 Å². The number of methoxy groups -OCH3 is 1. The number of nitrogens with one attached hydrogen (secondary N) is 1. The Labute approximate surface area is 324 Å². The lowest BCUT2D eigenvalue weighted by Crippen LogP contribution is -2.25. The second kappa shape index (κ2) is 47.9. The topological polar surface area (TPSA) is 30.5 Å². The van der Waals surface area contributed by atoms with E-state index in [1.807, 2.05) is 0 Å². The largest absolute Gasteiger partial charge is 0.382 e. The lowest BCUT2D eigenvalue weighted by atomic mass is 9.93. The second-order valence-electron chi connectivity index (χ2n) is 16.6. The summed E-state index contributed by atoms with van der Waals surface area (Å²) in [6.07, 6.45) is 56.5. The highest BCUT2D eigenvalue weighted by molar-refractivity contribution is 4.65. The van der Waals surface area contributed by atoms with Crippen molar-refractivity contribution >= 4 is 0 Å². The van der Waals surface area contributed by atoms with Crippen LogP contribution >= 0.6 is 0 Å². The summed E-state index contributed by atoms with van der Waals surface area (Å²) in [5.74, 6) is 0.863. The Morgan fingerprint density at radius 2 is 0.627 bits per heavy atom. The average Bonchev–Trinajstić information content (AvgIpc) is 3.14. The van der Waals surface area contributed by atoms with Crippen LogP contribution in [0, 0.1) is 5.92 Å². The predicted octanol–water partition coefficient (Wildman–Crippen LogP) is 16.1. The number of hydrogen-bond acceptors (Lipinski definition) is 3.